The first-order valence-electron chi connectivity index (χ1n) is 6.47. The van der Waals surface area contributed by atoms with Gasteiger partial charge < -0.3 is 18.5 Å². The molecule has 1 aromatic carbocycles. The summed E-state index contributed by atoms with van der Waals surface area (Å²) in [4.78, 5) is 11.8. The SMILES string of the molecule is COP(=O)(CC(=O)[C@@H](C)OCOCc1ccccc1)OC. The van der Waals surface area contributed by atoms with E-state index < -0.39 is 13.7 Å². The lowest BCUT2D eigenvalue weighted by atomic mass is 10.2. The van der Waals surface area contributed by atoms with E-state index >= 15 is 0 Å². The molecule has 0 bridgehead atoms. The summed E-state index contributed by atoms with van der Waals surface area (Å²) in [6.07, 6.45) is -1.06. The highest BCUT2D eigenvalue weighted by atomic mass is 31.2. The van der Waals surface area contributed by atoms with Crippen LogP contribution in [0.1, 0.15) is 12.5 Å². The lowest BCUT2D eigenvalue weighted by Gasteiger charge is -2.16. The maximum atomic E-state index is 11.8. The highest BCUT2D eigenvalue weighted by molar-refractivity contribution is 7.54. The molecule has 0 saturated carbocycles. The Bertz CT molecular complexity index is 468. The minimum absolute atomic E-state index is 0.0218. The fraction of sp³-hybridized carbons (Fsp3) is 0.500. The standard InChI is InChI=1S/C14H21O6P/c1-12(14(15)10-21(16,17-2)18-3)20-11-19-9-13-7-5-4-6-8-13/h4-8,12H,9-11H2,1-3H3/t12-/m1/s1. The van der Waals surface area contributed by atoms with Crippen molar-refractivity contribution in [2.24, 2.45) is 0 Å². The molecule has 0 aliphatic carbocycles. The highest BCUT2D eigenvalue weighted by Crippen LogP contribution is 2.46. The molecule has 0 unspecified atom stereocenters. The molecule has 0 aliphatic heterocycles. The molecule has 0 aromatic heterocycles. The van der Waals surface area contributed by atoms with Crippen molar-refractivity contribution in [3.8, 4) is 0 Å². The van der Waals surface area contributed by atoms with E-state index in [9.17, 15) is 9.36 Å². The number of ketones is 1. The van der Waals surface area contributed by atoms with Gasteiger partial charge >= 0.3 is 7.60 Å². The third-order valence-electron chi connectivity index (χ3n) is 2.87. The fourth-order valence-corrected chi connectivity index (χ4v) is 2.55. The Morgan fingerprint density at radius 2 is 1.81 bits per heavy atom. The van der Waals surface area contributed by atoms with Crippen molar-refractivity contribution in [1.82, 2.24) is 0 Å². The van der Waals surface area contributed by atoms with Gasteiger partial charge in [-0.25, -0.2) is 0 Å². The number of hydrogen-bond donors (Lipinski definition) is 0. The summed E-state index contributed by atoms with van der Waals surface area (Å²) in [5, 5.41) is 0. The Kier molecular flexibility index (Phi) is 7.78. The highest BCUT2D eigenvalue weighted by Gasteiger charge is 2.28. The first-order chi connectivity index (χ1) is 10.0. The van der Waals surface area contributed by atoms with Crippen LogP contribution in [0.4, 0.5) is 0 Å². The smallest absolute Gasteiger partial charge is 0.337 e. The van der Waals surface area contributed by atoms with Crippen molar-refractivity contribution in [3.63, 3.8) is 0 Å². The van der Waals surface area contributed by atoms with E-state index in [-0.39, 0.29) is 18.7 Å². The number of ether oxygens (including phenoxy) is 2. The summed E-state index contributed by atoms with van der Waals surface area (Å²) in [6.45, 7) is 1.95. The number of hydrogen-bond acceptors (Lipinski definition) is 6. The maximum Gasteiger partial charge on any atom is 0.337 e. The van der Waals surface area contributed by atoms with Crippen molar-refractivity contribution in [2.45, 2.75) is 19.6 Å². The summed E-state index contributed by atoms with van der Waals surface area (Å²) in [6, 6.07) is 9.62. The second kappa shape index (κ2) is 9.07. The molecule has 0 aliphatic rings. The predicted octanol–water partition coefficient (Wildman–Crippen LogP) is 2.62. The molecule has 21 heavy (non-hydrogen) atoms. The van der Waals surface area contributed by atoms with Crippen LogP contribution in [-0.4, -0.2) is 39.1 Å². The molecule has 0 radical (unpaired) electrons. The molecular formula is C14H21O6P. The third kappa shape index (κ3) is 6.50. The lowest BCUT2D eigenvalue weighted by Crippen LogP contribution is -2.25. The van der Waals surface area contributed by atoms with Gasteiger partial charge in [0.1, 0.15) is 19.1 Å². The minimum atomic E-state index is -3.35. The van der Waals surface area contributed by atoms with Gasteiger partial charge in [-0.1, -0.05) is 30.3 Å². The Labute approximate surface area is 124 Å². The van der Waals surface area contributed by atoms with Crippen LogP contribution >= 0.6 is 7.60 Å². The number of Topliss-reactive ketones (excluding diaryl/α,β-unsaturated/α-hetero) is 1. The molecule has 1 aromatic rings. The fourth-order valence-electron chi connectivity index (χ4n) is 1.50. The van der Waals surface area contributed by atoms with E-state index in [1.54, 1.807) is 6.92 Å². The molecule has 6 nitrogen and oxygen atoms in total. The number of rotatable bonds is 10. The van der Waals surface area contributed by atoms with Gasteiger partial charge in [0.15, 0.2) is 5.78 Å². The van der Waals surface area contributed by atoms with Crippen LogP contribution in [0, 0.1) is 0 Å². The van der Waals surface area contributed by atoms with Gasteiger partial charge in [-0.3, -0.25) is 9.36 Å². The minimum Gasteiger partial charge on any atom is -0.351 e. The van der Waals surface area contributed by atoms with Gasteiger partial charge in [-0.15, -0.1) is 0 Å². The van der Waals surface area contributed by atoms with Crippen molar-refractivity contribution in [2.75, 3.05) is 27.2 Å². The zero-order chi connectivity index (χ0) is 15.7. The molecule has 118 valence electrons. The summed E-state index contributed by atoms with van der Waals surface area (Å²) in [7, 11) is -0.864. The zero-order valence-electron chi connectivity index (χ0n) is 12.5. The molecule has 0 saturated heterocycles. The van der Waals surface area contributed by atoms with Crippen LogP contribution in [0.15, 0.2) is 30.3 Å². The Morgan fingerprint density at radius 1 is 1.19 bits per heavy atom. The Morgan fingerprint density at radius 3 is 2.38 bits per heavy atom. The van der Waals surface area contributed by atoms with E-state index in [0.717, 1.165) is 5.56 Å². The van der Waals surface area contributed by atoms with E-state index in [0.29, 0.717) is 6.61 Å². The van der Waals surface area contributed by atoms with E-state index in [2.05, 4.69) is 0 Å². The van der Waals surface area contributed by atoms with Crippen molar-refractivity contribution < 1.29 is 27.9 Å². The molecule has 7 heteroatoms. The predicted molar refractivity (Wildman–Crippen MR) is 78.1 cm³/mol. The third-order valence-corrected chi connectivity index (χ3v) is 4.68. The summed E-state index contributed by atoms with van der Waals surface area (Å²) < 4.78 is 31.8. The summed E-state index contributed by atoms with van der Waals surface area (Å²) in [5.74, 6) is -0.356. The topological polar surface area (TPSA) is 71.1 Å². The molecule has 0 amide bonds. The molecule has 0 fully saturated rings. The Balaban J connectivity index is 2.28. The largest absolute Gasteiger partial charge is 0.351 e. The van der Waals surface area contributed by atoms with Gasteiger partial charge in [-0.2, -0.15) is 0 Å². The first-order valence-corrected chi connectivity index (χ1v) is 8.20. The second-order valence-electron chi connectivity index (χ2n) is 4.36. The molecule has 1 atom stereocenters. The number of benzene rings is 1. The van der Waals surface area contributed by atoms with Gasteiger partial charge in [0.2, 0.25) is 0 Å². The zero-order valence-corrected chi connectivity index (χ0v) is 13.4. The molecule has 0 N–H and O–H groups in total. The van der Waals surface area contributed by atoms with E-state index in [4.69, 9.17) is 18.5 Å². The average Bonchev–Trinajstić information content (AvgIpc) is 2.52. The number of carbonyl (C=O) groups is 1. The quantitative estimate of drug-likeness (QED) is 0.375. The number of carbonyl (C=O) groups excluding carboxylic acids is 1. The van der Waals surface area contributed by atoms with E-state index in [1.807, 2.05) is 30.3 Å². The molecule has 1 rings (SSSR count). The summed E-state index contributed by atoms with van der Waals surface area (Å²) in [5.41, 5.74) is 1.02. The lowest BCUT2D eigenvalue weighted by molar-refractivity contribution is -0.139. The first kappa shape index (κ1) is 18.0. The van der Waals surface area contributed by atoms with Gasteiger partial charge in [0.25, 0.3) is 0 Å². The van der Waals surface area contributed by atoms with Crippen molar-refractivity contribution >= 4 is 13.4 Å². The van der Waals surface area contributed by atoms with Gasteiger partial charge in [0, 0.05) is 14.2 Å². The second-order valence-corrected chi connectivity index (χ2v) is 6.63. The van der Waals surface area contributed by atoms with Crippen LogP contribution in [0.5, 0.6) is 0 Å². The van der Waals surface area contributed by atoms with Crippen molar-refractivity contribution in [3.05, 3.63) is 35.9 Å². The Hall–Kier alpha value is -1.04. The van der Waals surface area contributed by atoms with Gasteiger partial charge in [-0.05, 0) is 12.5 Å². The summed E-state index contributed by atoms with van der Waals surface area (Å²) >= 11 is 0. The average molecular weight is 316 g/mol. The monoisotopic (exact) mass is 316 g/mol. The maximum absolute atomic E-state index is 11.8. The van der Waals surface area contributed by atoms with Crippen molar-refractivity contribution in [1.29, 1.82) is 0 Å². The molecule has 0 spiro atoms. The molecular weight excluding hydrogens is 295 g/mol. The van der Waals surface area contributed by atoms with E-state index in [1.165, 1.54) is 14.2 Å². The van der Waals surface area contributed by atoms with Gasteiger partial charge in [0.05, 0.1) is 6.61 Å². The molecule has 0 heterocycles. The van der Waals surface area contributed by atoms with Crippen LogP contribution in [0.2, 0.25) is 0 Å². The van der Waals surface area contributed by atoms with Crippen LogP contribution in [0.3, 0.4) is 0 Å². The van der Waals surface area contributed by atoms with Crippen LogP contribution in [0.25, 0.3) is 0 Å². The normalized spacial score (nSPS) is 13.1. The van der Waals surface area contributed by atoms with Crippen LogP contribution < -0.4 is 0 Å². The van der Waals surface area contributed by atoms with Crippen LogP contribution in [-0.2, 0) is 34.5 Å².